The molecule has 17 heavy (non-hydrogen) atoms. The summed E-state index contributed by atoms with van der Waals surface area (Å²) >= 11 is 18.5. The molecule has 3 aromatic carbocycles. The predicted molar refractivity (Wildman–Crippen MR) is 76.5 cm³/mol. The van der Waals surface area contributed by atoms with Gasteiger partial charge in [0, 0.05) is 15.8 Å². The van der Waals surface area contributed by atoms with Gasteiger partial charge in [0.1, 0.15) is 0 Å². The Kier molecular flexibility index (Phi) is 2.67. The molecule has 0 aliphatic heterocycles. The van der Waals surface area contributed by atoms with E-state index in [-0.39, 0.29) is 0 Å². The maximum atomic E-state index is 6.28. The van der Waals surface area contributed by atoms with Crippen molar-refractivity contribution in [2.75, 3.05) is 0 Å². The van der Waals surface area contributed by atoms with Crippen LogP contribution in [0, 0.1) is 0 Å². The van der Waals surface area contributed by atoms with Crippen molar-refractivity contribution in [3.05, 3.63) is 57.5 Å². The first-order chi connectivity index (χ1) is 8.18. The summed E-state index contributed by atoms with van der Waals surface area (Å²) in [6.07, 6.45) is 0. The van der Waals surface area contributed by atoms with Crippen LogP contribution in [0.4, 0.5) is 0 Å². The summed E-state index contributed by atoms with van der Waals surface area (Å²) in [5, 5.41) is 5.91. The van der Waals surface area contributed by atoms with Crippen LogP contribution in [0.3, 0.4) is 0 Å². The average molecular weight is 282 g/mol. The number of hydrogen-bond acceptors (Lipinski definition) is 0. The van der Waals surface area contributed by atoms with Crippen LogP contribution in [0.1, 0.15) is 0 Å². The Morgan fingerprint density at radius 1 is 0.647 bits per heavy atom. The highest BCUT2D eigenvalue weighted by molar-refractivity contribution is 6.47. The van der Waals surface area contributed by atoms with Gasteiger partial charge in [-0.3, -0.25) is 0 Å². The molecule has 0 saturated carbocycles. The highest BCUT2D eigenvalue weighted by Gasteiger charge is 2.08. The zero-order valence-corrected chi connectivity index (χ0v) is 10.9. The molecular weight excluding hydrogens is 275 g/mol. The Balaban J connectivity index is 2.63. The van der Waals surface area contributed by atoms with Crippen LogP contribution in [0.5, 0.6) is 0 Å². The molecular formula is C14H7Cl3. The summed E-state index contributed by atoms with van der Waals surface area (Å²) in [5.74, 6) is 0. The van der Waals surface area contributed by atoms with Crippen molar-refractivity contribution in [3.8, 4) is 0 Å². The SMILES string of the molecule is Clc1ccc2ccc3c(Cl)cccc3c2c1Cl. The maximum Gasteiger partial charge on any atom is 0.0676 e. The fraction of sp³-hybridized carbons (Fsp3) is 0. The van der Waals surface area contributed by atoms with E-state index >= 15 is 0 Å². The molecule has 0 fully saturated rings. The smallest absolute Gasteiger partial charge is 0.0676 e. The zero-order valence-electron chi connectivity index (χ0n) is 8.68. The molecule has 0 atom stereocenters. The van der Waals surface area contributed by atoms with Gasteiger partial charge in [-0.2, -0.15) is 0 Å². The minimum absolute atomic E-state index is 0.562. The topological polar surface area (TPSA) is 0 Å². The van der Waals surface area contributed by atoms with Gasteiger partial charge in [0.15, 0.2) is 0 Å². The van der Waals surface area contributed by atoms with E-state index in [2.05, 4.69) is 0 Å². The third-order valence-corrected chi connectivity index (χ3v) is 4.01. The second-order valence-electron chi connectivity index (χ2n) is 3.86. The summed E-state index contributed by atoms with van der Waals surface area (Å²) in [5.41, 5.74) is 0. The third-order valence-electron chi connectivity index (χ3n) is 2.88. The van der Waals surface area contributed by atoms with Gasteiger partial charge >= 0.3 is 0 Å². The molecule has 0 aliphatic carbocycles. The molecule has 0 N–H and O–H groups in total. The molecule has 0 spiro atoms. The number of halogens is 3. The summed E-state index contributed by atoms with van der Waals surface area (Å²) < 4.78 is 0. The molecule has 0 radical (unpaired) electrons. The molecule has 0 nitrogen and oxygen atoms in total. The van der Waals surface area contributed by atoms with Gasteiger partial charge in [-0.15, -0.1) is 0 Å². The van der Waals surface area contributed by atoms with E-state index in [0.29, 0.717) is 10.0 Å². The van der Waals surface area contributed by atoms with Crippen molar-refractivity contribution in [1.29, 1.82) is 0 Å². The first kappa shape index (κ1) is 11.2. The zero-order chi connectivity index (χ0) is 12.0. The summed E-state index contributed by atoms with van der Waals surface area (Å²) in [7, 11) is 0. The number of fused-ring (bicyclic) bond motifs is 3. The first-order valence-electron chi connectivity index (χ1n) is 5.13. The van der Waals surface area contributed by atoms with E-state index in [1.54, 1.807) is 0 Å². The average Bonchev–Trinajstić information content (AvgIpc) is 2.34. The van der Waals surface area contributed by atoms with E-state index in [9.17, 15) is 0 Å². The Bertz CT molecular complexity index is 732. The van der Waals surface area contributed by atoms with E-state index in [4.69, 9.17) is 34.8 Å². The van der Waals surface area contributed by atoms with Crippen LogP contribution < -0.4 is 0 Å². The van der Waals surface area contributed by atoms with Crippen molar-refractivity contribution >= 4 is 56.3 Å². The molecule has 3 heteroatoms. The van der Waals surface area contributed by atoms with Crippen molar-refractivity contribution in [3.63, 3.8) is 0 Å². The van der Waals surface area contributed by atoms with Crippen LogP contribution in [0.2, 0.25) is 15.1 Å². The third kappa shape index (κ3) is 1.68. The van der Waals surface area contributed by atoms with Gasteiger partial charge in [0.05, 0.1) is 10.0 Å². The molecule has 0 aromatic heterocycles. The Hall–Kier alpha value is -0.950. The fourth-order valence-electron chi connectivity index (χ4n) is 2.08. The first-order valence-corrected chi connectivity index (χ1v) is 6.27. The monoisotopic (exact) mass is 280 g/mol. The molecule has 0 bridgehead atoms. The molecule has 3 rings (SSSR count). The predicted octanol–water partition coefficient (Wildman–Crippen LogP) is 5.95. The highest BCUT2D eigenvalue weighted by atomic mass is 35.5. The second-order valence-corrected chi connectivity index (χ2v) is 5.05. The summed E-state index contributed by atoms with van der Waals surface area (Å²) in [6, 6.07) is 13.6. The Morgan fingerprint density at radius 2 is 1.41 bits per heavy atom. The lowest BCUT2D eigenvalue weighted by Crippen LogP contribution is -1.81. The van der Waals surface area contributed by atoms with Crippen LogP contribution in [-0.2, 0) is 0 Å². The quantitative estimate of drug-likeness (QED) is 0.446. The minimum atomic E-state index is 0.562. The molecule has 0 unspecified atom stereocenters. The van der Waals surface area contributed by atoms with Crippen LogP contribution in [0.25, 0.3) is 21.5 Å². The van der Waals surface area contributed by atoms with Crippen molar-refractivity contribution in [2.24, 2.45) is 0 Å². The number of rotatable bonds is 0. The van der Waals surface area contributed by atoms with Gasteiger partial charge in [-0.25, -0.2) is 0 Å². The van der Waals surface area contributed by atoms with E-state index in [1.807, 2.05) is 42.5 Å². The van der Waals surface area contributed by atoms with Gasteiger partial charge in [-0.1, -0.05) is 65.1 Å². The van der Waals surface area contributed by atoms with Crippen molar-refractivity contribution in [2.45, 2.75) is 0 Å². The van der Waals surface area contributed by atoms with Crippen LogP contribution in [-0.4, -0.2) is 0 Å². The molecule has 84 valence electrons. The summed E-state index contributed by atoms with van der Waals surface area (Å²) in [6.45, 7) is 0. The molecule has 0 saturated heterocycles. The van der Waals surface area contributed by atoms with Crippen LogP contribution in [0.15, 0.2) is 42.5 Å². The van der Waals surface area contributed by atoms with E-state index in [1.165, 1.54) is 0 Å². The van der Waals surface area contributed by atoms with Gasteiger partial charge < -0.3 is 0 Å². The second kappa shape index (κ2) is 4.06. The summed E-state index contributed by atoms with van der Waals surface area (Å²) in [4.78, 5) is 0. The molecule has 0 aliphatic rings. The molecule has 0 amide bonds. The van der Waals surface area contributed by atoms with Gasteiger partial charge in [-0.05, 0) is 22.9 Å². The minimum Gasteiger partial charge on any atom is -0.0837 e. The normalized spacial score (nSPS) is 11.2. The number of benzene rings is 3. The fourth-order valence-corrected chi connectivity index (χ4v) is 2.74. The molecule has 3 aromatic rings. The van der Waals surface area contributed by atoms with E-state index in [0.717, 1.165) is 26.6 Å². The van der Waals surface area contributed by atoms with E-state index < -0.39 is 0 Å². The van der Waals surface area contributed by atoms with Crippen molar-refractivity contribution in [1.82, 2.24) is 0 Å². The Labute approximate surface area is 114 Å². The largest absolute Gasteiger partial charge is 0.0837 e. The van der Waals surface area contributed by atoms with Gasteiger partial charge in [0.25, 0.3) is 0 Å². The maximum absolute atomic E-state index is 6.28. The highest BCUT2D eigenvalue weighted by Crippen LogP contribution is 2.37. The van der Waals surface area contributed by atoms with Crippen molar-refractivity contribution < 1.29 is 0 Å². The number of hydrogen-bond donors (Lipinski definition) is 0. The van der Waals surface area contributed by atoms with Gasteiger partial charge in [0.2, 0.25) is 0 Å². The Morgan fingerprint density at radius 3 is 2.24 bits per heavy atom. The lowest BCUT2D eigenvalue weighted by molar-refractivity contribution is 1.76. The van der Waals surface area contributed by atoms with Crippen LogP contribution >= 0.6 is 34.8 Å². The lowest BCUT2D eigenvalue weighted by Gasteiger charge is -2.08. The molecule has 0 heterocycles. The lowest BCUT2D eigenvalue weighted by atomic mass is 10.0. The standard InChI is InChI=1S/C14H7Cl3/c15-11-3-1-2-10-9(11)6-4-8-5-7-12(16)14(17)13(8)10/h1-7H.